The van der Waals surface area contributed by atoms with Crippen molar-refractivity contribution in [1.29, 1.82) is 0 Å². The molecule has 5 nitrogen and oxygen atoms in total. The van der Waals surface area contributed by atoms with Gasteiger partial charge in [0.05, 0.1) is 15.5 Å². The van der Waals surface area contributed by atoms with Crippen molar-refractivity contribution >= 4 is 29.3 Å². The van der Waals surface area contributed by atoms with E-state index in [9.17, 15) is 28.1 Å². The fourth-order valence-corrected chi connectivity index (χ4v) is 2.24. The molecule has 26 heavy (non-hydrogen) atoms. The van der Waals surface area contributed by atoms with Gasteiger partial charge in [-0.3, -0.25) is 14.9 Å². The van der Waals surface area contributed by atoms with Crippen molar-refractivity contribution in [1.82, 2.24) is 5.32 Å². The monoisotopic (exact) mass is 384 g/mol. The smallest absolute Gasteiger partial charge is 0.348 e. The second kappa shape index (κ2) is 8.01. The summed E-state index contributed by atoms with van der Waals surface area (Å²) in [6.07, 6.45) is -2.26. The van der Waals surface area contributed by atoms with Crippen molar-refractivity contribution in [2.45, 2.75) is 12.7 Å². The van der Waals surface area contributed by atoms with Crippen LogP contribution in [-0.4, -0.2) is 10.8 Å². The fraction of sp³-hybridized carbons (Fsp3) is 0.118. The summed E-state index contributed by atoms with van der Waals surface area (Å²) in [5.41, 5.74) is -0.230. The van der Waals surface area contributed by atoms with Gasteiger partial charge in [0.25, 0.3) is 5.69 Å². The zero-order chi connectivity index (χ0) is 19.3. The Labute approximate surface area is 151 Å². The van der Waals surface area contributed by atoms with Crippen LogP contribution in [0.25, 0.3) is 6.08 Å². The molecule has 0 aliphatic heterocycles. The summed E-state index contributed by atoms with van der Waals surface area (Å²) in [5.74, 6) is -0.521. The Morgan fingerprint density at radius 3 is 2.42 bits per heavy atom. The van der Waals surface area contributed by atoms with Crippen molar-refractivity contribution in [3.8, 4) is 0 Å². The number of benzene rings is 2. The number of nitrogens with one attached hydrogen (secondary N) is 1. The number of nitro benzene ring substituents is 1. The first-order valence-electron chi connectivity index (χ1n) is 7.23. The van der Waals surface area contributed by atoms with E-state index in [1.807, 2.05) is 0 Å². The van der Waals surface area contributed by atoms with Crippen molar-refractivity contribution in [3.63, 3.8) is 0 Å². The second-order valence-corrected chi connectivity index (χ2v) is 5.62. The van der Waals surface area contributed by atoms with Gasteiger partial charge in [0, 0.05) is 24.8 Å². The maximum atomic E-state index is 12.8. The molecule has 0 aliphatic carbocycles. The Hall–Kier alpha value is -2.87. The second-order valence-electron chi connectivity index (χ2n) is 5.21. The van der Waals surface area contributed by atoms with Crippen molar-refractivity contribution < 1.29 is 22.9 Å². The summed E-state index contributed by atoms with van der Waals surface area (Å²) in [6, 6.07) is 8.93. The summed E-state index contributed by atoms with van der Waals surface area (Å²) in [5, 5.41) is 12.7. The van der Waals surface area contributed by atoms with Gasteiger partial charge >= 0.3 is 6.18 Å². The van der Waals surface area contributed by atoms with Gasteiger partial charge in [0.1, 0.15) is 0 Å². The third-order valence-electron chi connectivity index (χ3n) is 3.34. The van der Waals surface area contributed by atoms with Gasteiger partial charge in [-0.2, -0.15) is 13.2 Å². The lowest BCUT2D eigenvalue weighted by Gasteiger charge is -2.09. The van der Waals surface area contributed by atoms with E-state index in [0.717, 1.165) is 18.2 Å². The van der Waals surface area contributed by atoms with Gasteiger partial charge in [0.2, 0.25) is 5.91 Å². The number of amides is 1. The molecule has 0 unspecified atom stereocenters. The first-order valence-corrected chi connectivity index (χ1v) is 7.60. The molecule has 2 aromatic rings. The number of alkyl halides is 3. The lowest BCUT2D eigenvalue weighted by atomic mass is 10.1. The van der Waals surface area contributed by atoms with E-state index in [4.69, 9.17) is 11.6 Å². The number of nitrogens with zero attached hydrogens (tertiary/aromatic N) is 1. The highest BCUT2D eigenvalue weighted by molar-refractivity contribution is 6.31. The molecule has 0 aromatic heterocycles. The number of hydrogen-bond donors (Lipinski definition) is 1. The molecule has 0 radical (unpaired) electrons. The number of nitro groups is 1. The van der Waals surface area contributed by atoms with E-state index in [0.29, 0.717) is 5.56 Å². The quantitative estimate of drug-likeness (QED) is 0.465. The molecule has 0 heterocycles. The molecule has 1 N–H and O–H groups in total. The van der Waals surface area contributed by atoms with Gasteiger partial charge in [-0.05, 0) is 29.3 Å². The van der Waals surface area contributed by atoms with Crippen LogP contribution in [-0.2, 0) is 17.5 Å². The third kappa shape index (κ3) is 5.32. The molecule has 0 aliphatic rings. The fourth-order valence-electron chi connectivity index (χ4n) is 2.02. The van der Waals surface area contributed by atoms with Gasteiger partial charge in [-0.15, -0.1) is 0 Å². The Balaban J connectivity index is 1.98. The third-order valence-corrected chi connectivity index (χ3v) is 3.67. The summed E-state index contributed by atoms with van der Waals surface area (Å²) in [6.45, 7) is 0.121. The zero-order valence-corrected chi connectivity index (χ0v) is 13.8. The normalized spacial score (nSPS) is 11.5. The number of carbonyl (C=O) groups is 1. The van der Waals surface area contributed by atoms with Gasteiger partial charge in [-0.25, -0.2) is 0 Å². The van der Waals surface area contributed by atoms with Crippen molar-refractivity contribution in [3.05, 3.63) is 80.4 Å². The summed E-state index contributed by atoms with van der Waals surface area (Å²) >= 11 is 5.53. The topological polar surface area (TPSA) is 72.2 Å². The Morgan fingerprint density at radius 1 is 1.19 bits per heavy atom. The number of non-ortho nitro benzene ring substituents is 1. The Morgan fingerprint density at radius 2 is 1.85 bits per heavy atom. The van der Waals surface area contributed by atoms with Crippen LogP contribution in [0.3, 0.4) is 0 Å². The van der Waals surface area contributed by atoms with Crippen LogP contribution >= 0.6 is 11.6 Å². The summed E-state index contributed by atoms with van der Waals surface area (Å²) in [4.78, 5) is 21.8. The molecule has 1 amide bonds. The molecule has 0 atom stereocenters. The van der Waals surface area contributed by atoms with Crippen LogP contribution in [0.5, 0.6) is 0 Å². The predicted octanol–water partition coefficient (Wildman–Crippen LogP) is 4.60. The van der Waals surface area contributed by atoms with E-state index in [2.05, 4.69) is 5.32 Å². The molecule has 0 spiro atoms. The number of rotatable bonds is 5. The molecule has 0 bridgehead atoms. The highest BCUT2D eigenvalue weighted by Crippen LogP contribution is 2.35. The first-order chi connectivity index (χ1) is 12.2. The number of carbonyl (C=O) groups excluding carboxylic acids is 1. The predicted molar refractivity (Wildman–Crippen MR) is 90.4 cm³/mol. The lowest BCUT2D eigenvalue weighted by molar-refractivity contribution is -0.384. The van der Waals surface area contributed by atoms with Crippen molar-refractivity contribution in [2.24, 2.45) is 0 Å². The Bertz CT molecular complexity index is 849. The highest BCUT2D eigenvalue weighted by atomic mass is 35.5. The van der Waals surface area contributed by atoms with E-state index < -0.39 is 27.6 Å². The van der Waals surface area contributed by atoms with Crippen LogP contribution in [0, 0.1) is 10.1 Å². The highest BCUT2D eigenvalue weighted by Gasteiger charge is 2.33. The molecule has 0 saturated heterocycles. The summed E-state index contributed by atoms with van der Waals surface area (Å²) < 4.78 is 38.4. The maximum absolute atomic E-state index is 12.8. The SMILES string of the molecule is O=C(/C=C/c1ccc(Cl)c(C(F)(F)F)c1)NCc1ccc([N+](=O)[O-])cc1. The van der Waals surface area contributed by atoms with E-state index in [-0.39, 0.29) is 17.8 Å². The lowest BCUT2D eigenvalue weighted by Crippen LogP contribution is -2.20. The number of hydrogen-bond acceptors (Lipinski definition) is 3. The number of halogens is 4. The molecule has 9 heteroatoms. The van der Waals surface area contributed by atoms with Crippen LogP contribution in [0.15, 0.2) is 48.5 Å². The average Bonchev–Trinajstić information content (AvgIpc) is 2.58. The maximum Gasteiger partial charge on any atom is 0.417 e. The molecule has 2 rings (SSSR count). The molecular weight excluding hydrogens is 373 g/mol. The standard InChI is InChI=1S/C17H12ClF3N2O3/c18-15-7-3-11(9-14(15)17(19,20)21)4-8-16(24)22-10-12-1-5-13(6-2-12)23(25)26/h1-9H,10H2,(H,22,24)/b8-4+. The minimum Gasteiger partial charge on any atom is -0.348 e. The van der Waals surface area contributed by atoms with Crippen LogP contribution in [0.4, 0.5) is 18.9 Å². The molecule has 136 valence electrons. The van der Waals surface area contributed by atoms with Gasteiger partial charge in [0.15, 0.2) is 0 Å². The molecule has 2 aromatic carbocycles. The molecular formula is C17H12ClF3N2O3. The average molecular weight is 385 g/mol. The van der Waals surface area contributed by atoms with Gasteiger partial charge < -0.3 is 5.32 Å². The summed E-state index contributed by atoms with van der Waals surface area (Å²) in [7, 11) is 0. The molecule has 0 fully saturated rings. The van der Waals surface area contributed by atoms with Crippen LogP contribution < -0.4 is 5.32 Å². The largest absolute Gasteiger partial charge is 0.417 e. The van der Waals surface area contributed by atoms with E-state index in [1.54, 1.807) is 0 Å². The van der Waals surface area contributed by atoms with Gasteiger partial charge in [-0.1, -0.05) is 29.8 Å². The Kier molecular flexibility index (Phi) is 5.99. The van der Waals surface area contributed by atoms with E-state index >= 15 is 0 Å². The van der Waals surface area contributed by atoms with E-state index in [1.165, 1.54) is 36.4 Å². The zero-order valence-electron chi connectivity index (χ0n) is 13.1. The van der Waals surface area contributed by atoms with Crippen LogP contribution in [0.1, 0.15) is 16.7 Å². The van der Waals surface area contributed by atoms with Crippen LogP contribution in [0.2, 0.25) is 5.02 Å². The van der Waals surface area contributed by atoms with Crippen molar-refractivity contribution in [2.75, 3.05) is 0 Å². The minimum atomic E-state index is -4.58. The minimum absolute atomic E-state index is 0.0665. The first kappa shape index (κ1) is 19.5. The molecule has 0 saturated carbocycles.